The Kier molecular flexibility index (Phi) is 7.10. The first-order valence-corrected chi connectivity index (χ1v) is 12.2. The number of aromatic nitrogens is 3. The number of carbonyl (C=O) groups is 1. The Bertz CT molecular complexity index is 1420. The van der Waals surface area contributed by atoms with E-state index < -0.39 is 27.8 Å². The highest BCUT2D eigenvalue weighted by atomic mass is 32.2. The molecule has 1 unspecified atom stereocenters. The molecule has 2 N–H and O–H groups in total. The predicted molar refractivity (Wildman–Crippen MR) is 129 cm³/mol. The summed E-state index contributed by atoms with van der Waals surface area (Å²) in [7, 11) is -2.25. The minimum atomic E-state index is -3.74. The second-order valence-corrected chi connectivity index (χ2v) is 9.51. The quantitative estimate of drug-likeness (QED) is 0.369. The van der Waals surface area contributed by atoms with Gasteiger partial charge in [0.25, 0.3) is 5.91 Å². The van der Waals surface area contributed by atoms with Crippen LogP contribution in [0.1, 0.15) is 17.3 Å². The van der Waals surface area contributed by atoms with Crippen LogP contribution in [0.5, 0.6) is 0 Å². The molecule has 11 heteroatoms. The third-order valence-electron chi connectivity index (χ3n) is 5.11. The molecule has 1 amide bonds. The number of hydrogen-bond acceptors (Lipinski definition) is 5. The zero-order valence-electron chi connectivity index (χ0n) is 19.1. The van der Waals surface area contributed by atoms with E-state index in [9.17, 15) is 17.6 Å². The molecule has 0 aliphatic carbocycles. The number of nitrogens with zero attached hydrogens (tertiary/aromatic N) is 3. The minimum absolute atomic E-state index is 0.0545. The Hall–Kier alpha value is -3.80. The molecule has 0 aliphatic rings. The predicted octanol–water partition coefficient (Wildman–Crippen LogP) is 3.37. The van der Waals surface area contributed by atoms with Crippen LogP contribution in [0.25, 0.3) is 11.5 Å². The average Bonchev–Trinajstić information content (AvgIpc) is 3.49. The van der Waals surface area contributed by atoms with Gasteiger partial charge in [-0.15, -0.1) is 0 Å². The van der Waals surface area contributed by atoms with Crippen LogP contribution in [-0.4, -0.2) is 48.4 Å². The van der Waals surface area contributed by atoms with Gasteiger partial charge < -0.3 is 14.6 Å². The number of methoxy groups -OCH3 is 1. The summed E-state index contributed by atoms with van der Waals surface area (Å²) >= 11 is 0. The fraction of sp³-hybridized carbons (Fsp3) is 0.167. The summed E-state index contributed by atoms with van der Waals surface area (Å²) in [5, 5.41) is 7.00. The molecule has 0 spiro atoms. The summed E-state index contributed by atoms with van der Waals surface area (Å²) in [6.45, 7) is 1.93. The van der Waals surface area contributed by atoms with E-state index in [4.69, 9.17) is 4.74 Å². The molecule has 0 aliphatic heterocycles. The summed E-state index contributed by atoms with van der Waals surface area (Å²) in [6, 6.07) is 15.1. The highest BCUT2D eigenvalue weighted by molar-refractivity contribution is 7.89. The van der Waals surface area contributed by atoms with Crippen molar-refractivity contribution in [2.24, 2.45) is 0 Å². The van der Waals surface area contributed by atoms with E-state index in [0.717, 1.165) is 0 Å². The first kappa shape index (κ1) is 24.3. The maximum atomic E-state index is 14.5. The van der Waals surface area contributed by atoms with Gasteiger partial charge in [0.2, 0.25) is 10.0 Å². The minimum Gasteiger partial charge on any atom is -0.383 e. The molecule has 2 aromatic heterocycles. The van der Waals surface area contributed by atoms with Gasteiger partial charge in [-0.25, -0.2) is 22.2 Å². The van der Waals surface area contributed by atoms with Gasteiger partial charge in [0.15, 0.2) is 5.82 Å². The molecule has 2 aromatic carbocycles. The Balaban J connectivity index is 1.60. The number of sulfonamides is 1. The number of para-hydroxylation sites is 1. The van der Waals surface area contributed by atoms with E-state index in [-0.39, 0.29) is 22.8 Å². The smallest absolute Gasteiger partial charge is 0.261 e. The number of rotatable bonds is 9. The summed E-state index contributed by atoms with van der Waals surface area (Å²) in [6.07, 6.45) is 4.81. The molecular weight excluding hydrogens is 473 g/mol. The monoisotopic (exact) mass is 497 g/mol. The van der Waals surface area contributed by atoms with E-state index in [1.807, 2.05) is 0 Å². The average molecular weight is 498 g/mol. The Morgan fingerprint density at radius 3 is 2.43 bits per heavy atom. The molecule has 182 valence electrons. The number of amides is 1. The summed E-state index contributed by atoms with van der Waals surface area (Å²) in [5.41, 5.74) is 0.784. The van der Waals surface area contributed by atoms with E-state index in [2.05, 4.69) is 15.1 Å². The summed E-state index contributed by atoms with van der Waals surface area (Å²) in [4.78, 5) is 13.2. The maximum absolute atomic E-state index is 14.5. The molecule has 0 saturated carbocycles. The van der Waals surface area contributed by atoms with Crippen molar-refractivity contribution >= 4 is 21.6 Å². The van der Waals surface area contributed by atoms with Gasteiger partial charge in [0.1, 0.15) is 17.1 Å². The number of halogens is 1. The Morgan fingerprint density at radius 1 is 1.09 bits per heavy atom. The molecular formula is C24H24FN5O4S. The molecule has 4 rings (SSSR count). The highest BCUT2D eigenvalue weighted by Crippen LogP contribution is 2.23. The van der Waals surface area contributed by atoms with Crippen LogP contribution in [0.15, 0.2) is 84.1 Å². The molecule has 0 bridgehead atoms. The standard InChI is InChI=1S/C24H24FN5O4S/c1-17(16-34-2)28-35(32,33)19-11-9-18(10-12-19)27-23(31)20-15-26-30(22-8-4-3-7-21(22)25)24(20)29-13-5-6-14-29/h3-15,17,28H,16H2,1-2H3,(H,27,31). The SMILES string of the molecule is COCC(C)NS(=O)(=O)c1ccc(NC(=O)c2cnn(-c3ccccc3F)c2-n2cccc2)cc1. The van der Waals surface area contributed by atoms with Crippen molar-refractivity contribution in [3.63, 3.8) is 0 Å². The summed E-state index contributed by atoms with van der Waals surface area (Å²) in [5.74, 6) is -0.618. The number of hydrogen-bond donors (Lipinski definition) is 2. The Morgan fingerprint density at radius 2 is 1.77 bits per heavy atom. The van der Waals surface area contributed by atoms with Crippen molar-refractivity contribution in [1.82, 2.24) is 19.1 Å². The van der Waals surface area contributed by atoms with E-state index >= 15 is 0 Å². The van der Waals surface area contributed by atoms with Crippen LogP contribution in [0.3, 0.4) is 0 Å². The lowest BCUT2D eigenvalue weighted by Crippen LogP contribution is -2.35. The lowest BCUT2D eigenvalue weighted by molar-refractivity contribution is 0.102. The van der Waals surface area contributed by atoms with Gasteiger partial charge in [-0.05, 0) is 55.5 Å². The van der Waals surface area contributed by atoms with Crippen LogP contribution in [-0.2, 0) is 14.8 Å². The van der Waals surface area contributed by atoms with Gasteiger partial charge in [-0.1, -0.05) is 12.1 Å². The molecule has 1 atom stereocenters. The van der Waals surface area contributed by atoms with Gasteiger partial charge in [-0.3, -0.25) is 4.79 Å². The van der Waals surface area contributed by atoms with Crippen molar-refractivity contribution in [2.75, 3.05) is 19.0 Å². The second kappa shape index (κ2) is 10.2. The fourth-order valence-electron chi connectivity index (χ4n) is 3.56. The third kappa shape index (κ3) is 5.32. The molecule has 4 aromatic rings. The first-order chi connectivity index (χ1) is 16.8. The molecule has 2 heterocycles. The molecule has 0 fully saturated rings. The largest absolute Gasteiger partial charge is 0.383 e. The van der Waals surface area contributed by atoms with Gasteiger partial charge >= 0.3 is 0 Å². The van der Waals surface area contributed by atoms with Crippen LogP contribution in [0, 0.1) is 5.82 Å². The van der Waals surface area contributed by atoms with Crippen molar-refractivity contribution in [3.8, 4) is 11.5 Å². The highest BCUT2D eigenvalue weighted by Gasteiger charge is 2.22. The van der Waals surface area contributed by atoms with Gasteiger partial charge in [0.05, 0.1) is 17.7 Å². The van der Waals surface area contributed by atoms with Crippen molar-refractivity contribution in [2.45, 2.75) is 17.9 Å². The lowest BCUT2D eigenvalue weighted by atomic mass is 10.2. The first-order valence-electron chi connectivity index (χ1n) is 10.7. The van der Waals surface area contributed by atoms with Crippen molar-refractivity contribution in [3.05, 3.63) is 90.6 Å². The second-order valence-electron chi connectivity index (χ2n) is 7.79. The van der Waals surface area contributed by atoms with E-state index in [0.29, 0.717) is 11.5 Å². The van der Waals surface area contributed by atoms with Gasteiger partial charge in [0, 0.05) is 31.2 Å². The molecule has 0 saturated heterocycles. The topological polar surface area (TPSA) is 107 Å². The van der Waals surface area contributed by atoms with Crippen molar-refractivity contribution < 1.29 is 22.3 Å². The third-order valence-corrected chi connectivity index (χ3v) is 6.72. The lowest BCUT2D eigenvalue weighted by Gasteiger charge is -2.14. The van der Waals surface area contributed by atoms with E-state index in [1.54, 1.807) is 54.2 Å². The molecule has 9 nitrogen and oxygen atoms in total. The normalized spacial score (nSPS) is 12.4. The number of carbonyl (C=O) groups excluding carboxylic acids is 1. The van der Waals surface area contributed by atoms with Crippen LogP contribution >= 0.6 is 0 Å². The zero-order valence-corrected chi connectivity index (χ0v) is 19.9. The summed E-state index contributed by atoms with van der Waals surface area (Å²) < 4.78 is 50.0. The van der Waals surface area contributed by atoms with Crippen LogP contribution in [0.2, 0.25) is 0 Å². The number of benzene rings is 2. The molecule has 0 radical (unpaired) electrons. The zero-order chi connectivity index (χ0) is 25.0. The van der Waals surface area contributed by atoms with Gasteiger partial charge in [-0.2, -0.15) is 5.10 Å². The fourth-order valence-corrected chi connectivity index (χ4v) is 4.79. The maximum Gasteiger partial charge on any atom is 0.261 e. The van der Waals surface area contributed by atoms with Crippen LogP contribution < -0.4 is 10.0 Å². The van der Waals surface area contributed by atoms with Crippen molar-refractivity contribution in [1.29, 1.82) is 0 Å². The number of ether oxygens (including phenoxy) is 1. The molecule has 35 heavy (non-hydrogen) atoms. The van der Waals surface area contributed by atoms with E-state index in [1.165, 1.54) is 48.3 Å². The number of anilines is 1. The number of nitrogens with one attached hydrogen (secondary N) is 2. The Labute approximate surface area is 202 Å². The van der Waals surface area contributed by atoms with Crippen LogP contribution in [0.4, 0.5) is 10.1 Å².